The van der Waals surface area contributed by atoms with Crippen molar-refractivity contribution in [1.82, 2.24) is 5.32 Å². The highest BCUT2D eigenvalue weighted by Gasteiger charge is 2.24. The third-order valence-electron chi connectivity index (χ3n) is 2.84. The normalized spacial score (nSPS) is 12.7. The molecule has 1 aromatic rings. The predicted octanol–water partition coefficient (Wildman–Crippen LogP) is 2.46. The number of rotatable bonds is 3. The fourth-order valence-corrected chi connectivity index (χ4v) is 1.80. The van der Waals surface area contributed by atoms with E-state index >= 15 is 0 Å². The molecule has 0 bridgehead atoms. The van der Waals surface area contributed by atoms with Gasteiger partial charge in [0.15, 0.2) is 0 Å². The van der Waals surface area contributed by atoms with Crippen molar-refractivity contribution < 1.29 is 14.7 Å². The van der Waals surface area contributed by atoms with Crippen molar-refractivity contribution in [2.75, 3.05) is 11.9 Å². The van der Waals surface area contributed by atoms with E-state index in [0.717, 1.165) is 0 Å². The first-order valence-corrected chi connectivity index (χ1v) is 7.09. The third-order valence-corrected chi connectivity index (χ3v) is 3.39. The van der Waals surface area contributed by atoms with Crippen LogP contribution in [-0.2, 0) is 9.59 Å². The summed E-state index contributed by atoms with van der Waals surface area (Å²) in [6.45, 7) is 5.48. The van der Waals surface area contributed by atoms with E-state index in [0.29, 0.717) is 5.02 Å². The molecule has 0 aliphatic carbocycles. The summed E-state index contributed by atoms with van der Waals surface area (Å²) in [6.07, 6.45) is -0.756. The van der Waals surface area contributed by atoms with Crippen LogP contribution < -0.4 is 10.6 Å². The van der Waals surface area contributed by atoms with Gasteiger partial charge >= 0.3 is 11.8 Å². The van der Waals surface area contributed by atoms with Crippen molar-refractivity contribution in [2.24, 2.45) is 5.41 Å². The molecule has 5 nitrogen and oxygen atoms in total. The zero-order chi connectivity index (χ0) is 16.2. The Labute approximate surface area is 133 Å². The fraction of sp³-hybridized carbons (Fsp3) is 0.429. The van der Waals surface area contributed by atoms with Crippen LogP contribution in [-0.4, -0.2) is 29.6 Å². The lowest BCUT2D eigenvalue weighted by atomic mass is 9.89. The van der Waals surface area contributed by atoms with Crippen molar-refractivity contribution >= 4 is 40.7 Å². The Morgan fingerprint density at radius 1 is 1.24 bits per heavy atom. The molecule has 0 heterocycles. The summed E-state index contributed by atoms with van der Waals surface area (Å²) in [5, 5.41) is 15.2. The minimum absolute atomic E-state index is 0.00982. The smallest absolute Gasteiger partial charge is 0.313 e. The predicted molar refractivity (Wildman–Crippen MR) is 83.6 cm³/mol. The van der Waals surface area contributed by atoms with Crippen molar-refractivity contribution in [2.45, 2.75) is 26.9 Å². The molecule has 7 heteroatoms. The van der Waals surface area contributed by atoms with Crippen LogP contribution in [0.5, 0.6) is 0 Å². The van der Waals surface area contributed by atoms with E-state index in [1.807, 2.05) is 20.8 Å². The van der Waals surface area contributed by atoms with Gasteiger partial charge in [0.25, 0.3) is 0 Å². The summed E-state index contributed by atoms with van der Waals surface area (Å²) in [4.78, 5) is 23.4. The molecule has 0 aromatic heterocycles. The van der Waals surface area contributed by atoms with E-state index < -0.39 is 17.9 Å². The van der Waals surface area contributed by atoms with Crippen LogP contribution in [0.4, 0.5) is 5.69 Å². The van der Waals surface area contributed by atoms with Gasteiger partial charge in [-0.2, -0.15) is 0 Å². The first kappa shape index (κ1) is 17.8. The first-order valence-electron chi connectivity index (χ1n) is 6.33. The Hall–Kier alpha value is -1.30. The van der Waals surface area contributed by atoms with Crippen LogP contribution >= 0.6 is 23.2 Å². The summed E-state index contributed by atoms with van der Waals surface area (Å²) < 4.78 is 0. The molecular weight excluding hydrogens is 315 g/mol. The Morgan fingerprint density at radius 3 is 2.38 bits per heavy atom. The molecule has 1 atom stereocenters. The van der Waals surface area contributed by atoms with Gasteiger partial charge < -0.3 is 15.7 Å². The highest BCUT2D eigenvalue weighted by molar-refractivity contribution is 6.42. The largest absolute Gasteiger partial charge is 0.391 e. The van der Waals surface area contributed by atoms with Crippen molar-refractivity contribution in [3.05, 3.63) is 28.2 Å². The van der Waals surface area contributed by atoms with Gasteiger partial charge in [-0.15, -0.1) is 0 Å². The van der Waals surface area contributed by atoms with Gasteiger partial charge in [-0.25, -0.2) is 0 Å². The number of halogens is 2. The van der Waals surface area contributed by atoms with Gasteiger partial charge in [-0.3, -0.25) is 9.59 Å². The molecule has 0 fully saturated rings. The zero-order valence-corrected chi connectivity index (χ0v) is 13.5. The molecule has 21 heavy (non-hydrogen) atoms. The van der Waals surface area contributed by atoms with Crippen LogP contribution in [0.15, 0.2) is 18.2 Å². The monoisotopic (exact) mass is 332 g/mol. The van der Waals surface area contributed by atoms with Crippen molar-refractivity contribution in [3.8, 4) is 0 Å². The van der Waals surface area contributed by atoms with Gasteiger partial charge in [-0.05, 0) is 23.6 Å². The maximum absolute atomic E-state index is 11.7. The van der Waals surface area contributed by atoms with E-state index in [2.05, 4.69) is 10.6 Å². The maximum atomic E-state index is 11.7. The second-order valence-electron chi connectivity index (χ2n) is 5.67. The molecule has 1 aromatic carbocycles. The Bertz CT molecular complexity index is 542. The van der Waals surface area contributed by atoms with Gasteiger partial charge in [0.2, 0.25) is 0 Å². The van der Waals surface area contributed by atoms with E-state index in [9.17, 15) is 14.7 Å². The molecule has 3 N–H and O–H groups in total. The average molecular weight is 333 g/mol. The molecule has 0 spiro atoms. The van der Waals surface area contributed by atoms with E-state index in [4.69, 9.17) is 23.2 Å². The molecule has 0 aliphatic heterocycles. The standard InChI is InChI=1S/C14H18Cl2N2O3/c1-14(2,3)11(19)7-17-12(20)13(21)18-10-5-4-8(15)6-9(10)16/h4-6,11,19H,7H2,1-3H3,(H,17,20)(H,18,21). The fourth-order valence-electron chi connectivity index (χ4n) is 1.35. The second-order valence-corrected chi connectivity index (χ2v) is 6.51. The lowest BCUT2D eigenvalue weighted by Gasteiger charge is -2.25. The lowest BCUT2D eigenvalue weighted by Crippen LogP contribution is -2.43. The number of carbonyl (C=O) groups is 2. The summed E-state index contributed by atoms with van der Waals surface area (Å²) in [5.41, 5.74) is -0.0962. The topological polar surface area (TPSA) is 78.4 Å². The molecule has 0 saturated heterocycles. The first-order chi connectivity index (χ1) is 9.61. The Balaban J connectivity index is 2.57. The van der Waals surface area contributed by atoms with Gasteiger partial charge in [-0.1, -0.05) is 44.0 Å². The maximum Gasteiger partial charge on any atom is 0.313 e. The van der Waals surface area contributed by atoms with Gasteiger partial charge in [0, 0.05) is 11.6 Å². The molecule has 2 amide bonds. The van der Waals surface area contributed by atoms with Crippen molar-refractivity contribution in [3.63, 3.8) is 0 Å². The van der Waals surface area contributed by atoms with E-state index in [1.165, 1.54) is 12.1 Å². The summed E-state index contributed by atoms with van der Waals surface area (Å²) in [6, 6.07) is 4.50. The van der Waals surface area contributed by atoms with Crippen molar-refractivity contribution in [1.29, 1.82) is 0 Å². The molecular formula is C14H18Cl2N2O3. The van der Waals surface area contributed by atoms with Crippen LogP contribution in [0.25, 0.3) is 0 Å². The summed E-state index contributed by atoms with van der Waals surface area (Å²) in [7, 11) is 0. The number of nitrogens with one attached hydrogen (secondary N) is 2. The minimum atomic E-state index is -0.861. The second kappa shape index (κ2) is 7.11. The minimum Gasteiger partial charge on any atom is -0.391 e. The number of amides is 2. The highest BCUT2D eigenvalue weighted by atomic mass is 35.5. The average Bonchev–Trinajstić information content (AvgIpc) is 2.37. The molecule has 0 aliphatic rings. The molecule has 1 unspecified atom stereocenters. The molecule has 0 radical (unpaired) electrons. The zero-order valence-electron chi connectivity index (χ0n) is 12.0. The number of benzene rings is 1. The number of hydrogen-bond acceptors (Lipinski definition) is 3. The van der Waals surface area contributed by atoms with Crippen LogP contribution in [0.3, 0.4) is 0 Å². The Morgan fingerprint density at radius 2 is 1.86 bits per heavy atom. The number of aliphatic hydroxyl groups is 1. The van der Waals surface area contributed by atoms with E-state index in [-0.39, 0.29) is 22.7 Å². The summed E-state index contributed by atoms with van der Waals surface area (Å²) in [5.74, 6) is -1.70. The number of carbonyl (C=O) groups excluding carboxylic acids is 2. The molecule has 0 saturated carbocycles. The Kier molecular flexibility index (Phi) is 6.01. The lowest BCUT2D eigenvalue weighted by molar-refractivity contribution is -0.136. The quantitative estimate of drug-likeness (QED) is 0.744. The van der Waals surface area contributed by atoms with Crippen LogP contribution in [0.1, 0.15) is 20.8 Å². The van der Waals surface area contributed by atoms with Gasteiger partial charge in [0.1, 0.15) is 0 Å². The SMILES string of the molecule is CC(C)(C)C(O)CNC(=O)C(=O)Nc1ccc(Cl)cc1Cl. The van der Waals surface area contributed by atoms with E-state index in [1.54, 1.807) is 6.07 Å². The third kappa shape index (κ3) is 5.53. The molecule has 116 valence electrons. The van der Waals surface area contributed by atoms with Crippen LogP contribution in [0, 0.1) is 5.41 Å². The number of aliphatic hydroxyl groups excluding tert-OH is 1. The van der Waals surface area contributed by atoms with Crippen LogP contribution in [0.2, 0.25) is 10.0 Å². The molecule has 1 rings (SSSR count). The highest BCUT2D eigenvalue weighted by Crippen LogP contribution is 2.25. The summed E-state index contributed by atoms with van der Waals surface area (Å²) >= 11 is 11.6. The number of anilines is 1. The number of hydrogen-bond donors (Lipinski definition) is 3. The van der Waals surface area contributed by atoms with Gasteiger partial charge in [0.05, 0.1) is 16.8 Å².